The van der Waals surface area contributed by atoms with E-state index in [1.54, 1.807) is 0 Å². The van der Waals surface area contributed by atoms with Gasteiger partial charge >= 0.3 is 0 Å². The van der Waals surface area contributed by atoms with Crippen molar-refractivity contribution in [2.45, 2.75) is 13.7 Å². The lowest BCUT2D eigenvalue weighted by atomic mass is 10.3. The van der Waals surface area contributed by atoms with Gasteiger partial charge in [0.15, 0.2) is 11.9 Å². The molecule has 0 spiro atoms. The second-order valence-electron chi connectivity index (χ2n) is 3.40. The molecule has 2 nitrogen and oxygen atoms in total. The lowest BCUT2D eigenvalue weighted by Crippen LogP contribution is -2.39. The predicted octanol–water partition coefficient (Wildman–Crippen LogP) is 2.32. The first-order chi connectivity index (χ1) is 7.36. The Hall–Kier alpha value is -1.83. The molecule has 0 aliphatic carbocycles. The number of nitrogens with zero attached hydrogens (tertiary/aromatic N) is 1. The molecular weight excluding hydrogens is 186 g/mol. The Morgan fingerprint density at radius 3 is 2.47 bits per heavy atom. The van der Waals surface area contributed by atoms with Gasteiger partial charge in [-0.1, -0.05) is 24.3 Å². The van der Waals surface area contributed by atoms with Gasteiger partial charge in [0.2, 0.25) is 0 Å². The van der Waals surface area contributed by atoms with Gasteiger partial charge < -0.3 is 4.74 Å². The maximum absolute atomic E-state index is 5.64. The molecule has 0 bridgehead atoms. The van der Waals surface area contributed by atoms with E-state index in [1.165, 1.54) is 5.69 Å². The van der Waals surface area contributed by atoms with Crippen molar-refractivity contribution in [1.82, 2.24) is 0 Å². The van der Waals surface area contributed by atoms with Crippen molar-refractivity contribution in [3.63, 3.8) is 0 Å². The molecule has 76 valence electrons. The van der Waals surface area contributed by atoms with Crippen molar-refractivity contribution >= 4 is 0 Å². The van der Waals surface area contributed by atoms with Gasteiger partial charge in [0.05, 0.1) is 0 Å². The molecule has 2 aromatic rings. The zero-order valence-corrected chi connectivity index (χ0v) is 8.76. The number of aryl methyl sites for hydroxylation is 1. The molecule has 0 aliphatic heterocycles. The molecule has 0 N–H and O–H groups in total. The highest BCUT2D eigenvalue weighted by Gasteiger charge is 2.03. The SMILES string of the molecule is Cc1cccc[n+]1COc1ccccc1. The van der Waals surface area contributed by atoms with Gasteiger partial charge in [-0.25, -0.2) is 0 Å². The second-order valence-corrected chi connectivity index (χ2v) is 3.40. The molecule has 0 unspecified atom stereocenters. The zero-order valence-electron chi connectivity index (χ0n) is 8.76. The summed E-state index contributed by atoms with van der Waals surface area (Å²) in [4.78, 5) is 0. The number of hydrogen-bond donors (Lipinski definition) is 0. The summed E-state index contributed by atoms with van der Waals surface area (Å²) in [5, 5.41) is 0. The summed E-state index contributed by atoms with van der Waals surface area (Å²) in [6.07, 6.45) is 2.01. The summed E-state index contributed by atoms with van der Waals surface area (Å²) < 4.78 is 7.70. The molecule has 0 saturated heterocycles. The number of rotatable bonds is 3. The first-order valence-electron chi connectivity index (χ1n) is 4.99. The highest BCUT2D eigenvalue weighted by molar-refractivity contribution is 5.20. The van der Waals surface area contributed by atoms with Gasteiger partial charge in [-0.3, -0.25) is 0 Å². The third-order valence-corrected chi connectivity index (χ3v) is 2.28. The van der Waals surface area contributed by atoms with Crippen LogP contribution in [0.2, 0.25) is 0 Å². The summed E-state index contributed by atoms with van der Waals surface area (Å²) >= 11 is 0. The van der Waals surface area contributed by atoms with Gasteiger partial charge in [-0.2, -0.15) is 4.57 Å². The minimum absolute atomic E-state index is 0.552. The lowest BCUT2D eigenvalue weighted by molar-refractivity contribution is -0.729. The van der Waals surface area contributed by atoms with E-state index in [4.69, 9.17) is 4.74 Å². The lowest BCUT2D eigenvalue weighted by Gasteiger charge is -2.03. The summed E-state index contributed by atoms with van der Waals surface area (Å²) in [5.41, 5.74) is 1.19. The number of pyridine rings is 1. The molecular formula is C13H14NO+. The van der Waals surface area contributed by atoms with Gasteiger partial charge in [0, 0.05) is 19.1 Å². The van der Waals surface area contributed by atoms with Gasteiger partial charge in [0.25, 0.3) is 6.73 Å². The van der Waals surface area contributed by atoms with Crippen LogP contribution in [0.5, 0.6) is 5.75 Å². The summed E-state index contributed by atoms with van der Waals surface area (Å²) in [6.45, 7) is 2.62. The first kappa shape index (κ1) is 9.71. The Morgan fingerprint density at radius 2 is 1.73 bits per heavy atom. The molecule has 1 heterocycles. The Balaban J connectivity index is 2.03. The van der Waals surface area contributed by atoms with Crippen LogP contribution in [-0.4, -0.2) is 0 Å². The monoisotopic (exact) mass is 200 g/mol. The van der Waals surface area contributed by atoms with E-state index < -0.39 is 0 Å². The zero-order chi connectivity index (χ0) is 10.5. The van der Waals surface area contributed by atoms with E-state index in [9.17, 15) is 0 Å². The van der Waals surface area contributed by atoms with Crippen LogP contribution >= 0.6 is 0 Å². The molecule has 0 atom stereocenters. The number of ether oxygens (including phenoxy) is 1. The maximum atomic E-state index is 5.64. The minimum atomic E-state index is 0.552. The van der Waals surface area contributed by atoms with Crippen molar-refractivity contribution in [3.8, 4) is 5.75 Å². The van der Waals surface area contributed by atoms with Crippen LogP contribution in [0.1, 0.15) is 5.69 Å². The largest absolute Gasteiger partial charge is 0.436 e. The van der Waals surface area contributed by atoms with Gasteiger partial charge in [0.1, 0.15) is 5.75 Å². The highest BCUT2D eigenvalue weighted by atomic mass is 16.5. The fraction of sp³-hybridized carbons (Fsp3) is 0.154. The van der Waals surface area contributed by atoms with Crippen molar-refractivity contribution < 1.29 is 9.30 Å². The number of hydrogen-bond acceptors (Lipinski definition) is 1. The second kappa shape index (κ2) is 4.60. The molecule has 0 fully saturated rings. The van der Waals surface area contributed by atoms with Gasteiger partial charge in [-0.15, -0.1) is 0 Å². The van der Waals surface area contributed by atoms with E-state index in [-0.39, 0.29) is 0 Å². The third-order valence-electron chi connectivity index (χ3n) is 2.28. The Kier molecular flexibility index (Phi) is 2.98. The molecule has 0 aliphatic rings. The van der Waals surface area contributed by atoms with Crippen molar-refractivity contribution in [1.29, 1.82) is 0 Å². The summed E-state index contributed by atoms with van der Waals surface area (Å²) in [6, 6.07) is 15.9. The first-order valence-corrected chi connectivity index (χ1v) is 4.99. The van der Waals surface area contributed by atoms with E-state index in [1.807, 2.05) is 48.7 Å². The number of aromatic nitrogens is 1. The predicted molar refractivity (Wildman–Crippen MR) is 58.4 cm³/mol. The fourth-order valence-electron chi connectivity index (χ4n) is 1.37. The van der Waals surface area contributed by atoms with Crippen LogP contribution in [0, 0.1) is 6.92 Å². The Labute approximate surface area is 89.8 Å². The fourth-order valence-corrected chi connectivity index (χ4v) is 1.37. The Bertz CT molecular complexity index is 426. The summed E-state index contributed by atoms with van der Waals surface area (Å²) in [5.74, 6) is 0.897. The van der Waals surface area contributed by atoms with Crippen LogP contribution in [0.25, 0.3) is 0 Å². The molecule has 1 aromatic carbocycles. The van der Waals surface area contributed by atoms with Crippen LogP contribution < -0.4 is 9.30 Å². The van der Waals surface area contributed by atoms with Crippen molar-refractivity contribution in [2.75, 3.05) is 0 Å². The van der Waals surface area contributed by atoms with E-state index in [0.29, 0.717) is 6.73 Å². The molecule has 0 amide bonds. The Morgan fingerprint density at radius 1 is 1.00 bits per heavy atom. The van der Waals surface area contributed by atoms with Crippen LogP contribution in [0.4, 0.5) is 0 Å². The van der Waals surface area contributed by atoms with Gasteiger partial charge in [-0.05, 0) is 12.1 Å². The average Bonchev–Trinajstić information content (AvgIpc) is 2.29. The van der Waals surface area contributed by atoms with Crippen molar-refractivity contribution in [2.24, 2.45) is 0 Å². The van der Waals surface area contributed by atoms with Crippen LogP contribution in [-0.2, 0) is 6.73 Å². The number of para-hydroxylation sites is 1. The number of benzene rings is 1. The smallest absolute Gasteiger partial charge is 0.292 e. The molecule has 1 aromatic heterocycles. The third kappa shape index (κ3) is 2.56. The maximum Gasteiger partial charge on any atom is 0.292 e. The molecule has 15 heavy (non-hydrogen) atoms. The minimum Gasteiger partial charge on any atom is -0.436 e. The van der Waals surface area contributed by atoms with Crippen LogP contribution in [0.15, 0.2) is 54.7 Å². The van der Waals surface area contributed by atoms with E-state index in [0.717, 1.165) is 5.75 Å². The summed E-state index contributed by atoms with van der Waals surface area (Å²) in [7, 11) is 0. The topological polar surface area (TPSA) is 13.1 Å². The van der Waals surface area contributed by atoms with Crippen molar-refractivity contribution in [3.05, 3.63) is 60.4 Å². The van der Waals surface area contributed by atoms with E-state index >= 15 is 0 Å². The highest BCUT2D eigenvalue weighted by Crippen LogP contribution is 2.07. The molecule has 0 radical (unpaired) electrons. The van der Waals surface area contributed by atoms with Crippen LogP contribution in [0.3, 0.4) is 0 Å². The average molecular weight is 200 g/mol. The molecule has 2 heteroatoms. The normalized spacial score (nSPS) is 9.93. The quantitative estimate of drug-likeness (QED) is 0.693. The standard InChI is InChI=1S/C13H14NO/c1-12-7-5-6-10-14(12)11-15-13-8-3-2-4-9-13/h2-10H,11H2,1H3/q+1. The molecule has 0 saturated carbocycles. The van der Waals surface area contributed by atoms with E-state index in [2.05, 4.69) is 17.6 Å². The molecule has 2 rings (SSSR count).